The Labute approximate surface area is 137 Å². The van der Waals surface area contributed by atoms with Gasteiger partial charge in [0.15, 0.2) is 0 Å². The first-order chi connectivity index (χ1) is 11.3. The Balaban J connectivity index is 2.01. The van der Waals surface area contributed by atoms with Gasteiger partial charge in [-0.2, -0.15) is 13.2 Å². The molecule has 2 rings (SSSR count). The van der Waals surface area contributed by atoms with E-state index in [1.54, 1.807) is 43.3 Å². The number of hydrogen-bond acceptors (Lipinski definition) is 3. The van der Waals surface area contributed by atoms with Crippen LogP contribution in [0.5, 0.6) is 0 Å². The van der Waals surface area contributed by atoms with Gasteiger partial charge in [0.2, 0.25) is 0 Å². The maximum atomic E-state index is 13.2. The number of urea groups is 1. The van der Waals surface area contributed by atoms with E-state index >= 15 is 0 Å². The van der Waals surface area contributed by atoms with Gasteiger partial charge in [-0.1, -0.05) is 35.5 Å². The van der Waals surface area contributed by atoms with E-state index < -0.39 is 18.2 Å². The van der Waals surface area contributed by atoms with Crippen LogP contribution < -0.4 is 5.32 Å². The van der Waals surface area contributed by atoms with Crippen molar-refractivity contribution in [1.29, 1.82) is 0 Å². The first kappa shape index (κ1) is 17.8. The third-order valence-corrected chi connectivity index (χ3v) is 3.40. The van der Waals surface area contributed by atoms with Gasteiger partial charge in [-0.15, -0.1) is 0 Å². The summed E-state index contributed by atoms with van der Waals surface area (Å²) in [4.78, 5) is 13.2. The monoisotopic (exact) mass is 341 g/mol. The highest BCUT2D eigenvalue weighted by atomic mass is 19.4. The molecule has 0 aliphatic heterocycles. The highest BCUT2D eigenvalue weighted by Crippen LogP contribution is 2.23. The van der Waals surface area contributed by atoms with Crippen molar-refractivity contribution in [3.63, 3.8) is 0 Å². The second-order valence-corrected chi connectivity index (χ2v) is 5.52. The molecule has 1 heterocycles. The van der Waals surface area contributed by atoms with Crippen LogP contribution in [0.25, 0.3) is 0 Å². The number of amides is 2. The van der Waals surface area contributed by atoms with E-state index in [4.69, 9.17) is 4.52 Å². The third kappa shape index (κ3) is 5.00. The zero-order valence-corrected chi connectivity index (χ0v) is 13.3. The molecule has 0 saturated carbocycles. The largest absolute Gasteiger partial charge is 0.408 e. The lowest BCUT2D eigenvalue weighted by Gasteiger charge is -2.25. The Kier molecular flexibility index (Phi) is 5.48. The van der Waals surface area contributed by atoms with Crippen molar-refractivity contribution in [2.24, 2.45) is 0 Å². The molecule has 5 nitrogen and oxygen atoms in total. The lowest BCUT2D eigenvalue weighted by Crippen LogP contribution is -2.50. The van der Waals surface area contributed by atoms with Crippen LogP contribution in [0.1, 0.15) is 17.0 Å². The molecule has 0 bridgehead atoms. The van der Waals surface area contributed by atoms with Gasteiger partial charge in [-0.3, -0.25) is 0 Å². The van der Waals surface area contributed by atoms with Crippen LogP contribution in [0, 0.1) is 6.92 Å². The quantitative estimate of drug-likeness (QED) is 0.908. The van der Waals surface area contributed by atoms with Crippen LogP contribution in [0.15, 0.2) is 40.9 Å². The number of benzene rings is 1. The smallest absolute Gasteiger partial charge is 0.361 e. The van der Waals surface area contributed by atoms with Crippen LogP contribution in [-0.4, -0.2) is 35.4 Å². The van der Waals surface area contributed by atoms with Gasteiger partial charge in [-0.05, 0) is 12.5 Å². The number of hydrogen-bond donors (Lipinski definition) is 1. The molecule has 0 aliphatic rings. The summed E-state index contributed by atoms with van der Waals surface area (Å²) >= 11 is 0. The Morgan fingerprint density at radius 2 is 2.00 bits per heavy atom. The zero-order valence-electron chi connectivity index (χ0n) is 13.3. The number of halogens is 3. The zero-order chi connectivity index (χ0) is 17.7. The van der Waals surface area contributed by atoms with Crippen LogP contribution >= 0.6 is 0 Å². The minimum Gasteiger partial charge on any atom is -0.361 e. The first-order valence-corrected chi connectivity index (χ1v) is 7.30. The molecule has 0 radical (unpaired) electrons. The van der Waals surface area contributed by atoms with Gasteiger partial charge in [-0.25, -0.2) is 4.79 Å². The molecule has 0 aliphatic carbocycles. The predicted molar refractivity (Wildman–Crippen MR) is 81.2 cm³/mol. The van der Waals surface area contributed by atoms with E-state index in [9.17, 15) is 18.0 Å². The van der Waals surface area contributed by atoms with Crippen molar-refractivity contribution >= 4 is 6.03 Å². The number of carbonyl (C=O) groups excluding carboxylic acids is 1. The normalized spacial score (nSPS) is 12.7. The Morgan fingerprint density at radius 3 is 2.54 bits per heavy atom. The maximum Gasteiger partial charge on any atom is 0.408 e. The number of aromatic nitrogens is 1. The Hall–Kier alpha value is -2.51. The summed E-state index contributed by atoms with van der Waals surface area (Å²) < 4.78 is 44.5. The molecule has 0 spiro atoms. The van der Waals surface area contributed by atoms with Crippen molar-refractivity contribution < 1.29 is 22.5 Å². The van der Waals surface area contributed by atoms with E-state index in [-0.39, 0.29) is 13.0 Å². The minimum absolute atomic E-state index is 0.0547. The summed E-state index contributed by atoms with van der Waals surface area (Å²) in [5.41, 5.74) is 0.965. The number of nitrogens with zero attached hydrogens (tertiary/aromatic N) is 2. The van der Waals surface area contributed by atoms with Crippen molar-refractivity contribution in [2.45, 2.75) is 32.1 Å². The fourth-order valence-corrected chi connectivity index (χ4v) is 2.16. The highest BCUT2D eigenvalue weighted by molar-refractivity contribution is 5.74. The lowest BCUT2D eigenvalue weighted by atomic mass is 10.1. The average molecular weight is 341 g/mol. The van der Waals surface area contributed by atoms with Crippen molar-refractivity contribution in [1.82, 2.24) is 15.4 Å². The van der Waals surface area contributed by atoms with Gasteiger partial charge in [0.25, 0.3) is 0 Å². The molecule has 1 unspecified atom stereocenters. The van der Waals surface area contributed by atoms with Gasteiger partial charge in [0.05, 0.1) is 6.54 Å². The lowest BCUT2D eigenvalue weighted by molar-refractivity contribution is -0.153. The molecule has 8 heteroatoms. The number of nitrogens with one attached hydrogen (secondary N) is 1. The molecule has 24 heavy (non-hydrogen) atoms. The highest BCUT2D eigenvalue weighted by Gasteiger charge is 2.41. The minimum atomic E-state index is -4.54. The molecule has 0 fully saturated rings. The van der Waals surface area contributed by atoms with Gasteiger partial charge in [0, 0.05) is 19.5 Å². The number of aryl methyl sites for hydroxylation is 1. The predicted octanol–water partition coefficient (Wildman–Crippen LogP) is 3.30. The number of carbonyl (C=O) groups is 1. The van der Waals surface area contributed by atoms with Crippen molar-refractivity contribution in [3.05, 3.63) is 53.4 Å². The molecular weight excluding hydrogens is 323 g/mol. The molecule has 130 valence electrons. The molecule has 1 atom stereocenters. The maximum absolute atomic E-state index is 13.2. The van der Waals surface area contributed by atoms with E-state index in [1.807, 2.05) is 5.32 Å². The average Bonchev–Trinajstić information content (AvgIpc) is 2.91. The fourth-order valence-electron chi connectivity index (χ4n) is 2.16. The van der Waals surface area contributed by atoms with Crippen LogP contribution in [0.2, 0.25) is 0 Å². The van der Waals surface area contributed by atoms with Gasteiger partial charge >= 0.3 is 12.2 Å². The van der Waals surface area contributed by atoms with Crippen molar-refractivity contribution in [2.75, 3.05) is 7.05 Å². The standard InChI is InChI=1S/C16H18F3N3O2/c1-11-8-13(21-24-11)10-22(2)15(23)20-14(16(17,18)19)9-12-6-4-3-5-7-12/h3-8,14H,9-10H2,1-2H3,(H,20,23). The Bertz CT molecular complexity index is 671. The first-order valence-electron chi connectivity index (χ1n) is 7.30. The summed E-state index contributed by atoms with van der Waals surface area (Å²) in [5, 5.41) is 5.75. The molecule has 1 N–H and O–H groups in total. The summed E-state index contributed by atoms with van der Waals surface area (Å²) in [6, 6.07) is 7.04. The number of alkyl halides is 3. The van der Waals surface area contributed by atoms with E-state index in [0.717, 1.165) is 4.90 Å². The topological polar surface area (TPSA) is 58.4 Å². The van der Waals surface area contributed by atoms with Gasteiger partial charge in [0.1, 0.15) is 17.5 Å². The molecule has 2 amide bonds. The fraction of sp³-hybridized carbons (Fsp3) is 0.375. The SMILES string of the molecule is Cc1cc(CN(C)C(=O)NC(Cc2ccccc2)C(F)(F)F)no1. The molecule has 1 aromatic carbocycles. The van der Waals surface area contributed by atoms with Crippen LogP contribution in [0.4, 0.5) is 18.0 Å². The molecule has 0 saturated heterocycles. The van der Waals surface area contributed by atoms with E-state index in [0.29, 0.717) is 17.0 Å². The summed E-state index contributed by atoms with van der Waals surface area (Å²) in [7, 11) is 1.40. The third-order valence-electron chi connectivity index (χ3n) is 3.40. The van der Waals surface area contributed by atoms with Crippen LogP contribution in [0.3, 0.4) is 0 Å². The second-order valence-electron chi connectivity index (χ2n) is 5.52. The van der Waals surface area contributed by atoms with Gasteiger partial charge < -0.3 is 14.7 Å². The van der Waals surface area contributed by atoms with Crippen LogP contribution in [-0.2, 0) is 13.0 Å². The van der Waals surface area contributed by atoms with Crippen molar-refractivity contribution in [3.8, 4) is 0 Å². The molecular formula is C16H18F3N3O2. The summed E-state index contributed by atoms with van der Waals surface area (Å²) in [5.74, 6) is 0.566. The number of rotatable bonds is 5. The Morgan fingerprint density at radius 1 is 1.33 bits per heavy atom. The summed E-state index contributed by atoms with van der Waals surface area (Å²) in [6.45, 7) is 1.75. The molecule has 1 aromatic heterocycles. The second kappa shape index (κ2) is 7.37. The van der Waals surface area contributed by atoms with E-state index in [2.05, 4.69) is 5.16 Å². The summed E-state index contributed by atoms with van der Waals surface area (Å²) in [6.07, 6.45) is -4.87. The molecule has 2 aromatic rings. The van der Waals surface area contributed by atoms with E-state index in [1.165, 1.54) is 7.05 Å².